The van der Waals surface area contributed by atoms with Gasteiger partial charge in [0.1, 0.15) is 18.3 Å². The number of hydrogen-bond donors (Lipinski definition) is 1. The maximum atomic E-state index is 14.9. The predicted molar refractivity (Wildman–Crippen MR) is 126 cm³/mol. The highest BCUT2D eigenvalue weighted by Crippen LogP contribution is 2.41. The molecule has 2 aromatic rings. The second-order valence-electron chi connectivity index (χ2n) is 8.36. The van der Waals surface area contributed by atoms with Crippen LogP contribution in [0.5, 0.6) is 0 Å². The topological polar surface area (TPSA) is 46.2 Å². The number of halogens is 12. The molecule has 0 bridgehead atoms. The third-order valence-corrected chi connectivity index (χ3v) is 5.89. The Labute approximate surface area is 228 Å². The van der Waals surface area contributed by atoms with Crippen LogP contribution in [0.3, 0.4) is 0 Å². The summed E-state index contributed by atoms with van der Waals surface area (Å²) in [5.41, 5.74) is -4.17. The Morgan fingerprint density at radius 1 is 1.00 bits per heavy atom. The molecule has 1 N–H and O–H groups in total. The fourth-order valence-electron chi connectivity index (χ4n) is 3.39. The van der Waals surface area contributed by atoms with E-state index >= 15 is 0 Å². The Morgan fingerprint density at radius 2 is 1.62 bits per heavy atom. The molecule has 39 heavy (non-hydrogen) atoms. The van der Waals surface area contributed by atoms with Crippen molar-refractivity contribution in [1.29, 1.82) is 0 Å². The van der Waals surface area contributed by atoms with Crippen LogP contribution in [0.4, 0.5) is 43.9 Å². The van der Waals surface area contributed by atoms with Crippen LogP contribution >= 0.6 is 27.5 Å². The molecule has 2 aromatic carbocycles. The van der Waals surface area contributed by atoms with Crippen LogP contribution in [0, 0.1) is 5.92 Å². The molecule has 0 radical (unpaired) electrons. The number of benzene rings is 2. The van der Waals surface area contributed by atoms with E-state index in [9.17, 15) is 53.5 Å². The van der Waals surface area contributed by atoms with Gasteiger partial charge < -0.3 is 5.32 Å². The highest BCUT2D eigenvalue weighted by atomic mass is 79.9. The van der Waals surface area contributed by atoms with Crippen LogP contribution < -0.4 is 5.32 Å². The molecule has 0 saturated heterocycles. The lowest BCUT2D eigenvalue weighted by molar-refractivity contribution is -0.140. The molecular weight excluding hydrogens is 640 g/mol. The molecule has 15 heteroatoms. The molecule has 0 fully saturated rings. The number of Topliss-reactive ketones (excluding diaryl/α,β-unsaturated/α-hetero) is 1. The first kappa shape index (κ1) is 32.6. The first-order valence-corrected chi connectivity index (χ1v) is 11.9. The van der Waals surface area contributed by atoms with Gasteiger partial charge in [0.15, 0.2) is 5.78 Å². The monoisotopic (exact) mass is 655 g/mol. The largest absolute Gasteiger partial charge is 0.417 e. The fourth-order valence-corrected chi connectivity index (χ4v) is 4.28. The first-order chi connectivity index (χ1) is 17.7. The number of rotatable bonds is 8. The fraction of sp³-hybridized carbons (Fsp3) is 0.333. The molecule has 1 unspecified atom stereocenters. The Morgan fingerprint density at radius 3 is 2.13 bits per heavy atom. The number of ketones is 1. The molecule has 0 spiro atoms. The molecule has 0 aliphatic carbocycles. The van der Waals surface area contributed by atoms with E-state index < -0.39 is 83.1 Å². The summed E-state index contributed by atoms with van der Waals surface area (Å²) < 4.78 is 134. The van der Waals surface area contributed by atoms with E-state index in [-0.39, 0.29) is 21.6 Å². The number of carbonyl (C=O) groups is 2. The van der Waals surface area contributed by atoms with Gasteiger partial charge in [0, 0.05) is 33.0 Å². The van der Waals surface area contributed by atoms with Crippen LogP contribution in [0.1, 0.15) is 46.3 Å². The number of nitrogens with one attached hydrogen (secondary N) is 1. The van der Waals surface area contributed by atoms with Crippen LogP contribution in [0.25, 0.3) is 5.83 Å². The highest BCUT2D eigenvalue weighted by Gasteiger charge is 2.41. The summed E-state index contributed by atoms with van der Waals surface area (Å²) in [6.07, 6.45) is -16.0. The van der Waals surface area contributed by atoms with E-state index in [4.69, 9.17) is 11.6 Å². The van der Waals surface area contributed by atoms with Crippen molar-refractivity contribution in [1.82, 2.24) is 5.32 Å². The van der Waals surface area contributed by atoms with Crippen LogP contribution in [0.15, 0.2) is 46.9 Å². The van der Waals surface area contributed by atoms with E-state index in [0.717, 1.165) is 19.1 Å². The van der Waals surface area contributed by atoms with Gasteiger partial charge in [0.25, 0.3) is 0 Å². The van der Waals surface area contributed by atoms with Crippen molar-refractivity contribution < 1.29 is 53.5 Å². The van der Waals surface area contributed by atoms with Crippen molar-refractivity contribution in [3.63, 3.8) is 0 Å². The van der Waals surface area contributed by atoms with Crippen molar-refractivity contribution >= 4 is 45.0 Å². The van der Waals surface area contributed by atoms with Gasteiger partial charge >= 0.3 is 18.5 Å². The molecule has 1 amide bonds. The third kappa shape index (κ3) is 9.52. The van der Waals surface area contributed by atoms with E-state index in [1.165, 1.54) is 11.4 Å². The molecule has 0 aliphatic heterocycles. The number of amides is 1. The van der Waals surface area contributed by atoms with Gasteiger partial charge in [-0.2, -0.15) is 39.5 Å². The third-order valence-electron chi connectivity index (χ3n) is 5.21. The average Bonchev–Trinajstić information content (AvgIpc) is 2.77. The van der Waals surface area contributed by atoms with E-state index in [0.29, 0.717) is 12.1 Å². The second kappa shape index (κ2) is 12.3. The minimum atomic E-state index is -5.27. The number of allylic oxidation sites excluding steroid dienone is 1. The zero-order valence-corrected chi connectivity index (χ0v) is 21.8. The maximum Gasteiger partial charge on any atom is 0.417 e. The Hall–Kier alpha value is -2.61. The Bertz CT molecular complexity index is 1230. The smallest absolute Gasteiger partial charge is 0.347 e. The second-order valence-corrected chi connectivity index (χ2v) is 9.71. The van der Waals surface area contributed by atoms with Crippen molar-refractivity contribution in [2.45, 2.75) is 37.8 Å². The molecule has 214 valence electrons. The van der Waals surface area contributed by atoms with Crippen molar-refractivity contribution in [2.75, 3.05) is 6.54 Å². The van der Waals surface area contributed by atoms with Crippen molar-refractivity contribution in [2.24, 2.45) is 5.92 Å². The normalized spacial score (nSPS) is 14.6. The summed E-state index contributed by atoms with van der Waals surface area (Å²) in [6, 6.07) is 4.47. The molecule has 2 rings (SSSR count). The van der Waals surface area contributed by atoms with Crippen LogP contribution in [-0.4, -0.2) is 30.6 Å². The van der Waals surface area contributed by atoms with Crippen molar-refractivity contribution in [3.05, 3.63) is 74.2 Å². The van der Waals surface area contributed by atoms with Crippen LogP contribution in [0.2, 0.25) is 5.02 Å². The lowest BCUT2D eigenvalue weighted by Gasteiger charge is -2.19. The number of hydrogen-bond acceptors (Lipinski definition) is 2. The zero-order valence-electron chi connectivity index (χ0n) is 19.5. The molecule has 0 aliphatic rings. The molecule has 3 nitrogen and oxygen atoms in total. The van der Waals surface area contributed by atoms with Gasteiger partial charge in [0.2, 0.25) is 5.91 Å². The van der Waals surface area contributed by atoms with Crippen LogP contribution in [-0.2, 0) is 11.0 Å². The highest BCUT2D eigenvalue weighted by molar-refractivity contribution is 9.10. The first-order valence-electron chi connectivity index (χ1n) is 10.7. The summed E-state index contributed by atoms with van der Waals surface area (Å²) in [5.74, 6) is -8.28. The van der Waals surface area contributed by atoms with Gasteiger partial charge in [-0.05, 0) is 35.9 Å². The van der Waals surface area contributed by atoms with E-state index in [2.05, 4.69) is 15.9 Å². The van der Waals surface area contributed by atoms with Gasteiger partial charge in [-0.1, -0.05) is 46.6 Å². The quantitative estimate of drug-likeness (QED) is 0.228. The maximum absolute atomic E-state index is 14.9. The molecule has 2 atom stereocenters. The minimum absolute atomic E-state index is 0.0577. The van der Waals surface area contributed by atoms with Gasteiger partial charge in [-0.3, -0.25) is 9.59 Å². The SMILES string of the molecule is C[C@@H](CC(=O)c1ccc(/C(F)=C/C(c2cc(Cl)cc(Br)c2)C(F)(F)F)cc1C(F)(F)F)C(=O)NCC(F)(F)F. The zero-order chi connectivity index (χ0) is 29.9. The predicted octanol–water partition coefficient (Wildman–Crippen LogP) is 8.67. The molecule has 0 saturated carbocycles. The minimum Gasteiger partial charge on any atom is -0.347 e. The van der Waals surface area contributed by atoms with Crippen molar-refractivity contribution in [3.8, 4) is 0 Å². The lowest BCUT2D eigenvalue weighted by Crippen LogP contribution is -2.37. The summed E-state index contributed by atoms with van der Waals surface area (Å²) >= 11 is 8.72. The molecular formula is C24H17BrClF10NO2. The number of alkyl halides is 9. The Balaban J connectivity index is 2.43. The summed E-state index contributed by atoms with van der Waals surface area (Å²) in [7, 11) is 0. The van der Waals surface area contributed by atoms with E-state index in [1.807, 2.05) is 0 Å². The summed E-state index contributed by atoms with van der Waals surface area (Å²) in [6.45, 7) is -0.706. The molecule has 0 heterocycles. The number of carbonyl (C=O) groups excluding carboxylic acids is 2. The molecule has 0 aromatic heterocycles. The Kier molecular flexibility index (Phi) is 10.3. The van der Waals surface area contributed by atoms with Gasteiger partial charge in [0.05, 0.1) is 5.56 Å². The van der Waals surface area contributed by atoms with E-state index in [1.54, 1.807) is 0 Å². The standard InChI is InChI=1S/C24H17BrClF10NO2/c1-11(21(39)37-10-22(28,29)30)4-20(38)16-3-2-12(7-18(16)24(34,35)36)19(27)9-17(23(31,32)33)13-5-14(25)8-15(26)6-13/h2-3,5-9,11,17H,4,10H2,1H3,(H,37,39)/b19-9-/t11-,17?/m0/s1. The average molecular weight is 657 g/mol. The van der Waals surface area contributed by atoms with Gasteiger partial charge in [-0.25, -0.2) is 4.39 Å². The lowest BCUT2D eigenvalue weighted by atomic mass is 9.92. The van der Waals surface area contributed by atoms with Gasteiger partial charge in [-0.15, -0.1) is 0 Å². The summed E-state index contributed by atoms with van der Waals surface area (Å²) in [5, 5.41) is 1.38. The summed E-state index contributed by atoms with van der Waals surface area (Å²) in [4.78, 5) is 24.3.